The van der Waals surface area contributed by atoms with Gasteiger partial charge in [-0.25, -0.2) is 0 Å². The average molecular weight is 267 g/mol. The summed E-state index contributed by atoms with van der Waals surface area (Å²) in [6.45, 7) is 2.28. The van der Waals surface area contributed by atoms with Gasteiger partial charge in [-0.2, -0.15) is 5.10 Å². The second kappa shape index (κ2) is 5.37. The number of hydrogen-bond donors (Lipinski definition) is 3. The fraction of sp³-hybridized carbons (Fsp3) is 0.545. The number of aliphatic hydroxyl groups excluding tert-OH is 1. The van der Waals surface area contributed by atoms with Crippen LogP contribution < -0.4 is 11.1 Å². The molecule has 1 saturated heterocycles. The summed E-state index contributed by atoms with van der Waals surface area (Å²) in [6, 6.07) is -0.435. The van der Waals surface area contributed by atoms with Gasteiger partial charge in [0, 0.05) is 12.7 Å². The van der Waals surface area contributed by atoms with E-state index in [0.717, 1.165) is 0 Å². The minimum absolute atomic E-state index is 0.102. The molecule has 2 atom stereocenters. The van der Waals surface area contributed by atoms with E-state index in [9.17, 15) is 14.7 Å². The monoisotopic (exact) mass is 267 g/mol. The third-order valence-corrected chi connectivity index (χ3v) is 3.03. The third kappa shape index (κ3) is 3.30. The van der Waals surface area contributed by atoms with Crippen LogP contribution in [0.25, 0.3) is 0 Å². The van der Waals surface area contributed by atoms with Crippen molar-refractivity contribution in [2.75, 3.05) is 18.8 Å². The SMILES string of the molecule is CC1C(=O)NC(=O)CN1CC(O)Cn1cc(N)cn1. The first-order valence-electron chi connectivity index (χ1n) is 5.99. The van der Waals surface area contributed by atoms with Crippen LogP contribution in [0.2, 0.25) is 0 Å². The quantitative estimate of drug-likeness (QED) is 0.553. The van der Waals surface area contributed by atoms with Crippen molar-refractivity contribution < 1.29 is 14.7 Å². The summed E-state index contributed by atoms with van der Waals surface area (Å²) in [6.07, 6.45) is 2.37. The van der Waals surface area contributed by atoms with E-state index in [1.54, 1.807) is 18.0 Å². The normalized spacial score (nSPS) is 22.3. The molecule has 0 aromatic carbocycles. The zero-order valence-corrected chi connectivity index (χ0v) is 10.6. The number of carbonyl (C=O) groups is 2. The number of nitrogens with one attached hydrogen (secondary N) is 1. The lowest BCUT2D eigenvalue weighted by molar-refractivity contribution is -0.140. The summed E-state index contributed by atoms with van der Waals surface area (Å²) in [7, 11) is 0. The molecule has 1 aliphatic heterocycles. The van der Waals surface area contributed by atoms with E-state index < -0.39 is 12.1 Å². The molecule has 104 valence electrons. The molecular formula is C11H17N5O3. The standard InChI is InChI=1S/C11H17N5O3/c1-7-11(19)14-10(18)6-15(7)4-9(17)5-16-3-8(12)2-13-16/h2-3,7,9,17H,4-6,12H2,1H3,(H,14,18,19). The first kappa shape index (κ1) is 13.5. The van der Waals surface area contributed by atoms with Gasteiger partial charge in [0.2, 0.25) is 11.8 Å². The molecule has 2 amide bonds. The number of carbonyl (C=O) groups excluding carboxylic acids is 2. The highest BCUT2D eigenvalue weighted by molar-refractivity contribution is 6.00. The Morgan fingerprint density at radius 2 is 2.32 bits per heavy atom. The molecule has 1 aromatic heterocycles. The lowest BCUT2D eigenvalue weighted by atomic mass is 10.2. The van der Waals surface area contributed by atoms with E-state index in [1.165, 1.54) is 10.9 Å². The van der Waals surface area contributed by atoms with Gasteiger partial charge in [-0.15, -0.1) is 0 Å². The minimum Gasteiger partial charge on any atom is -0.396 e. The Bertz CT molecular complexity index is 486. The second-order valence-corrected chi connectivity index (χ2v) is 4.67. The predicted molar refractivity (Wildman–Crippen MR) is 66.8 cm³/mol. The van der Waals surface area contributed by atoms with Gasteiger partial charge in [0.1, 0.15) is 0 Å². The minimum atomic E-state index is -0.736. The summed E-state index contributed by atoms with van der Waals surface area (Å²) in [5.74, 6) is -0.689. The van der Waals surface area contributed by atoms with E-state index in [1.807, 2.05) is 0 Å². The molecule has 0 saturated carbocycles. The Kier molecular flexibility index (Phi) is 3.82. The number of rotatable bonds is 4. The van der Waals surface area contributed by atoms with Crippen LogP contribution in [0.1, 0.15) is 6.92 Å². The number of aromatic nitrogens is 2. The summed E-state index contributed by atoms with van der Waals surface area (Å²) in [5.41, 5.74) is 6.05. The first-order chi connectivity index (χ1) is 8.95. The number of amides is 2. The number of aliphatic hydroxyl groups is 1. The van der Waals surface area contributed by atoms with Crippen LogP contribution in [0, 0.1) is 0 Å². The van der Waals surface area contributed by atoms with Crippen molar-refractivity contribution in [2.24, 2.45) is 0 Å². The van der Waals surface area contributed by atoms with Crippen LogP contribution in [0.15, 0.2) is 12.4 Å². The molecule has 8 nitrogen and oxygen atoms in total. The molecule has 0 radical (unpaired) electrons. The molecular weight excluding hydrogens is 250 g/mol. The molecule has 19 heavy (non-hydrogen) atoms. The molecule has 1 aromatic rings. The van der Waals surface area contributed by atoms with Crippen molar-refractivity contribution in [2.45, 2.75) is 25.6 Å². The molecule has 2 heterocycles. The van der Waals surface area contributed by atoms with Crippen LogP contribution >= 0.6 is 0 Å². The van der Waals surface area contributed by atoms with Crippen LogP contribution in [-0.2, 0) is 16.1 Å². The number of nitrogens with zero attached hydrogens (tertiary/aromatic N) is 3. The third-order valence-electron chi connectivity index (χ3n) is 3.03. The first-order valence-corrected chi connectivity index (χ1v) is 5.99. The van der Waals surface area contributed by atoms with Gasteiger partial charge in [0.25, 0.3) is 0 Å². The largest absolute Gasteiger partial charge is 0.396 e. The summed E-state index contributed by atoms with van der Waals surface area (Å²) in [4.78, 5) is 24.4. The number of imide groups is 1. The molecule has 4 N–H and O–H groups in total. The maximum Gasteiger partial charge on any atom is 0.243 e. The Morgan fingerprint density at radius 3 is 2.95 bits per heavy atom. The van der Waals surface area contributed by atoms with Crippen LogP contribution in [0.5, 0.6) is 0 Å². The number of piperazine rings is 1. The molecule has 8 heteroatoms. The molecule has 2 rings (SSSR count). The van der Waals surface area contributed by atoms with Crippen molar-refractivity contribution in [3.63, 3.8) is 0 Å². The fourth-order valence-electron chi connectivity index (χ4n) is 2.02. The topological polar surface area (TPSA) is 113 Å². The Balaban J connectivity index is 1.92. The number of anilines is 1. The molecule has 0 bridgehead atoms. The van der Waals surface area contributed by atoms with E-state index in [0.29, 0.717) is 5.69 Å². The maximum absolute atomic E-state index is 11.5. The molecule has 0 aliphatic carbocycles. The highest BCUT2D eigenvalue weighted by Crippen LogP contribution is 2.07. The zero-order valence-electron chi connectivity index (χ0n) is 10.6. The van der Waals surface area contributed by atoms with E-state index in [-0.39, 0.29) is 31.4 Å². The predicted octanol–water partition coefficient (Wildman–Crippen LogP) is -1.83. The second-order valence-electron chi connectivity index (χ2n) is 4.67. The van der Waals surface area contributed by atoms with Gasteiger partial charge in [-0.3, -0.25) is 24.5 Å². The highest BCUT2D eigenvalue weighted by atomic mass is 16.3. The molecule has 0 spiro atoms. The van der Waals surface area contributed by atoms with Gasteiger partial charge in [-0.05, 0) is 6.92 Å². The van der Waals surface area contributed by atoms with E-state index in [2.05, 4.69) is 10.4 Å². The van der Waals surface area contributed by atoms with Crippen molar-refractivity contribution >= 4 is 17.5 Å². The molecule has 1 fully saturated rings. The molecule has 2 unspecified atom stereocenters. The van der Waals surface area contributed by atoms with Crippen LogP contribution in [0.3, 0.4) is 0 Å². The van der Waals surface area contributed by atoms with Crippen molar-refractivity contribution in [1.82, 2.24) is 20.0 Å². The molecule has 1 aliphatic rings. The van der Waals surface area contributed by atoms with Gasteiger partial charge in [0.15, 0.2) is 0 Å². The Labute approximate surface area is 110 Å². The van der Waals surface area contributed by atoms with Crippen molar-refractivity contribution in [1.29, 1.82) is 0 Å². The van der Waals surface area contributed by atoms with Gasteiger partial charge in [-0.1, -0.05) is 0 Å². The van der Waals surface area contributed by atoms with Crippen molar-refractivity contribution in [3.8, 4) is 0 Å². The maximum atomic E-state index is 11.5. The summed E-state index contributed by atoms with van der Waals surface area (Å²) in [5, 5.41) is 16.2. The lowest BCUT2D eigenvalue weighted by Gasteiger charge is -2.32. The van der Waals surface area contributed by atoms with Crippen LogP contribution in [-0.4, -0.2) is 56.8 Å². The van der Waals surface area contributed by atoms with Crippen molar-refractivity contribution in [3.05, 3.63) is 12.4 Å². The van der Waals surface area contributed by atoms with E-state index in [4.69, 9.17) is 5.73 Å². The highest BCUT2D eigenvalue weighted by Gasteiger charge is 2.31. The number of β-amino-alcohol motifs (C(OH)–C–C–N with tert-alkyl or cyclic N) is 1. The van der Waals surface area contributed by atoms with Gasteiger partial charge < -0.3 is 10.8 Å². The van der Waals surface area contributed by atoms with Crippen LogP contribution in [0.4, 0.5) is 5.69 Å². The number of nitrogens with two attached hydrogens (primary N) is 1. The Hall–Kier alpha value is -1.93. The summed E-state index contributed by atoms with van der Waals surface area (Å²) >= 11 is 0. The van der Waals surface area contributed by atoms with E-state index >= 15 is 0 Å². The Morgan fingerprint density at radius 1 is 1.58 bits per heavy atom. The van der Waals surface area contributed by atoms with Gasteiger partial charge in [0.05, 0.1) is 37.1 Å². The smallest absolute Gasteiger partial charge is 0.243 e. The zero-order chi connectivity index (χ0) is 14.0. The number of nitrogen functional groups attached to an aromatic ring is 1. The fourth-order valence-corrected chi connectivity index (χ4v) is 2.02. The average Bonchev–Trinajstić information content (AvgIpc) is 2.70. The lowest BCUT2D eigenvalue weighted by Crippen LogP contribution is -2.58. The summed E-state index contributed by atoms with van der Waals surface area (Å²) < 4.78 is 1.52. The number of hydrogen-bond acceptors (Lipinski definition) is 6. The van der Waals surface area contributed by atoms with Gasteiger partial charge >= 0.3 is 0 Å².